The number of aromatic nitrogens is 2. The number of methoxy groups -OCH3 is 1. The first kappa shape index (κ1) is 21.3. The highest BCUT2D eigenvalue weighted by molar-refractivity contribution is 9.09. The lowest BCUT2D eigenvalue weighted by molar-refractivity contribution is 0.0600. The van der Waals surface area contributed by atoms with Crippen LogP contribution in [-0.4, -0.2) is 115 Å². The largest absolute Gasteiger partial charge is 0.465 e. The predicted molar refractivity (Wildman–Crippen MR) is 275 cm³/mol. The van der Waals surface area contributed by atoms with Crippen LogP contribution in [0.15, 0.2) is 91.0 Å². The molecule has 67 heavy (non-hydrogen) atoms. The molecule has 8 rings (SSSR count). The van der Waals surface area contributed by atoms with E-state index in [2.05, 4.69) is 57.1 Å². The number of nitrogen functional groups attached to an aromatic ring is 1. The van der Waals surface area contributed by atoms with Crippen LogP contribution in [0.4, 0.5) is 11.5 Å². The number of hydrazine groups is 1. The molecule has 0 spiro atoms. The van der Waals surface area contributed by atoms with Gasteiger partial charge in [-0.1, -0.05) is 98.0 Å². The standard InChI is InChI=1S/C14H18N4.C14H16N2O.C8H8O2.C7H12N2.C5H11N.C2H2BrN.H4N2.H2O/c15-14-13(18-9-5-2-6-10-18)12(16-17-14)11-7-3-1-4-8-11;1-15-14(16-10-6-3-7-11-16)13(17)12-8-4-2-5-9-12;1-10-8(9)7-5-3-2-4-6-7;1-8-7-9-5-3-2-4-6-9;1-2-4-6-5-3-1;1-4-2-3;1-2;/h1,3-4,7-8H,2,5-6,9-10H2,(H3,15,16,17);2,4-5,8-9,14H,3,6-7,10-11H2;2-6H,1H3;2-7H2;6H,1-5H2;2H2;1-2H2;1H2/i2D2,5D2,6D2,9D2,10D2;3D2,6D2,7D2,10D2,11D2;;2D2,3D2,4D2,5D2,6D2;1D2,2D2,3D2,4D2,5D2;;;/hD. The lowest BCUT2D eigenvalue weighted by Gasteiger charge is -2.28. The Hall–Kier alpha value is -5.68. The van der Waals surface area contributed by atoms with E-state index in [1.54, 1.807) is 60.7 Å². The molecule has 10 N–H and O–H groups in total. The molecule has 0 amide bonds. The first-order chi connectivity index (χ1) is 47.8. The number of carbonyl (C=O) groups is 2. The smallest absolute Gasteiger partial charge is 0.342 e. The fraction of sp³-hybridized carbons (Fsp3) is 0.480. The maximum atomic E-state index is 12.7. The average Bonchev–Trinajstić information content (AvgIpc) is 0.769. The van der Waals surface area contributed by atoms with E-state index in [4.69, 9.17) is 81.7 Å². The number of hydrogen-bond acceptors (Lipinski definition) is 11. The summed E-state index contributed by atoms with van der Waals surface area (Å²) in [5.74, 6) is 6.29. The van der Waals surface area contributed by atoms with Crippen molar-refractivity contribution in [3.05, 3.63) is 136 Å². The van der Waals surface area contributed by atoms with Gasteiger partial charge in [-0.25, -0.2) is 34.3 Å². The van der Waals surface area contributed by atoms with Gasteiger partial charge in [-0.05, 0) is 82.5 Å². The molecule has 0 bridgehead atoms. The molecule has 1 atom stereocenters. The van der Waals surface area contributed by atoms with Crippen LogP contribution in [-0.2, 0) is 4.74 Å². The quantitative estimate of drug-likeness (QED) is 0.0227. The van der Waals surface area contributed by atoms with Gasteiger partial charge in [0.25, 0.3) is 17.9 Å². The summed E-state index contributed by atoms with van der Waals surface area (Å²) in [5, 5.41) is 5.84. The van der Waals surface area contributed by atoms with E-state index in [0.29, 0.717) is 16.6 Å². The predicted octanol–water partition coefficient (Wildman–Crippen LogP) is 8.08. The highest BCUT2D eigenvalue weighted by atomic mass is 79.9. The first-order valence-electron chi connectivity index (χ1n) is 38.5. The second-order valence-corrected chi connectivity index (χ2v) is 11.5. The Labute approximate surface area is 465 Å². The Bertz CT molecular complexity index is 3750. The number of ketones is 1. The van der Waals surface area contributed by atoms with Crippen molar-refractivity contribution in [2.24, 2.45) is 11.7 Å². The molecule has 4 aliphatic rings. The highest BCUT2D eigenvalue weighted by Crippen LogP contribution is 2.35. The minimum atomic E-state index is -3.59. The Kier molecular flexibility index (Phi) is 12.2. The number of alkyl halides is 1. The molecule has 364 valence electrons. The van der Waals surface area contributed by atoms with Gasteiger partial charge in [0.2, 0.25) is 0 Å². The summed E-state index contributed by atoms with van der Waals surface area (Å²) in [6.07, 6.45) is -43.6. The van der Waals surface area contributed by atoms with Crippen LogP contribution in [0.5, 0.6) is 0 Å². The third kappa shape index (κ3) is 23.6. The zero-order chi connectivity index (χ0) is 84.8. The van der Waals surface area contributed by atoms with Crippen LogP contribution in [0.3, 0.4) is 0 Å². The topological polar surface area (TPSA) is 216 Å². The highest BCUT2D eigenvalue weighted by Gasteiger charge is 2.32. The van der Waals surface area contributed by atoms with Crippen LogP contribution < -0.4 is 27.6 Å². The number of anilines is 2. The van der Waals surface area contributed by atoms with E-state index in [0.717, 1.165) is 0 Å². The van der Waals surface area contributed by atoms with E-state index >= 15 is 0 Å². The second-order valence-electron chi connectivity index (χ2n) is 11.0. The van der Waals surface area contributed by atoms with Crippen LogP contribution >= 0.6 is 15.9 Å². The SMILES string of the molecule is COC(=O)c1ccccc1.NN.O.[2H]C1([2H])N(C([N+]#[C-])C(=O)c2ccccc2)C([2H])([2H])C([2H])([2H])C([2H])([2H])C1([2H])[2H].[2H]C1([2H])N(C[N+]#[C-])C([2H])([2H])C([2H])([2H])C([2H])([2H])C1([2H])[2H].[2H]C1([2H])N(c2c(N)n[nH]c2-c2ccccc2)C([2H])([2H])C([2H])([2H])C([2H])([2H])C1([2H])[2H].[2H]N1C([2H])([2H])C([2H])([2H])C([2H])([2H])C([2H])([2H])C1([2H])[2H].[C-]#[N+]CBr. The number of carbonyl (C=O) groups excluding carboxylic acids is 2. The van der Waals surface area contributed by atoms with Crippen molar-refractivity contribution in [3.63, 3.8) is 0 Å². The minimum Gasteiger partial charge on any atom is -0.465 e. The molecule has 16 nitrogen and oxygen atoms in total. The van der Waals surface area contributed by atoms with Gasteiger partial charge >= 0.3 is 12.1 Å². The number of Topliss-reactive ketones (excluding diaryl/α,β-unsaturated/α-hetero) is 1. The number of esters is 1. The molecule has 3 aromatic carbocycles. The van der Waals surface area contributed by atoms with Gasteiger partial charge in [0.1, 0.15) is 7.10 Å². The molecule has 0 radical (unpaired) electrons. The fourth-order valence-corrected chi connectivity index (χ4v) is 4.32. The maximum absolute atomic E-state index is 12.7. The number of nitrogens with two attached hydrogens (primary N) is 3. The number of halogens is 1. The molecule has 1 unspecified atom stereocenters. The van der Waals surface area contributed by atoms with Gasteiger partial charge in [0.05, 0.1) is 18.4 Å². The molecule has 4 aromatic rings. The third-order valence-corrected chi connectivity index (χ3v) is 7.22. The molecule has 4 saturated heterocycles. The number of ether oxygens (including phenoxy) is 1. The summed E-state index contributed by atoms with van der Waals surface area (Å²) in [4.78, 5) is 32.3. The molecular formula is C50H73BrN12O4. The molecule has 5 heterocycles. The summed E-state index contributed by atoms with van der Waals surface area (Å²) in [6.45, 7) is -7.54. The summed E-state index contributed by atoms with van der Waals surface area (Å²) >= 11 is 2.89. The summed E-state index contributed by atoms with van der Waals surface area (Å²) in [7, 11) is 1.37. The van der Waals surface area contributed by atoms with E-state index < -0.39 is 152 Å². The fourth-order valence-electron chi connectivity index (χ4n) is 4.32. The van der Waals surface area contributed by atoms with Crippen LogP contribution in [0, 0.1) is 19.7 Å². The zero-order valence-electron chi connectivity index (χ0n) is 76.1. The number of nitrogens with one attached hydrogen (secondary N) is 2. The summed E-state index contributed by atoms with van der Waals surface area (Å²) in [6, 6.07) is 24.2. The van der Waals surface area contributed by atoms with E-state index in [1.165, 1.54) is 31.4 Å². The number of benzene rings is 3. The van der Waals surface area contributed by atoms with Gasteiger partial charge in [0.15, 0.2) is 5.82 Å². The number of aromatic amines is 1. The monoisotopic (exact) mass is 1030 g/mol. The molecule has 17 heteroatoms. The van der Waals surface area contributed by atoms with Gasteiger partial charge in [-0.15, -0.1) is 0 Å². The molecular weight excluding hydrogens is 913 g/mol. The Morgan fingerprint density at radius 1 is 0.746 bits per heavy atom. The van der Waals surface area contributed by atoms with Crippen molar-refractivity contribution in [2.45, 2.75) is 82.6 Å². The molecule has 1 aromatic heterocycles. The van der Waals surface area contributed by atoms with Gasteiger partial charge in [-0.2, -0.15) is 5.10 Å². The van der Waals surface area contributed by atoms with Crippen molar-refractivity contribution < 1.29 is 76.0 Å². The Balaban J connectivity index is 0.000000681. The second kappa shape index (κ2) is 38.4. The van der Waals surface area contributed by atoms with Crippen molar-refractivity contribution in [3.8, 4) is 11.3 Å². The number of hydrogen-bond donors (Lipinski definition) is 5. The number of piperidine rings is 4. The first-order valence-corrected chi connectivity index (χ1v) is 19.1. The van der Waals surface area contributed by atoms with Crippen molar-refractivity contribution in [1.29, 1.82) is 0 Å². The van der Waals surface area contributed by atoms with E-state index in [-0.39, 0.29) is 48.9 Å². The van der Waals surface area contributed by atoms with Crippen LogP contribution in [0.25, 0.3) is 25.8 Å². The third-order valence-electron chi connectivity index (χ3n) is 6.97. The van der Waals surface area contributed by atoms with Gasteiger partial charge in [-0.3, -0.25) is 31.3 Å². The molecule has 4 fully saturated rings. The Morgan fingerprint density at radius 2 is 1.21 bits per heavy atom. The minimum absolute atomic E-state index is 0. The lowest BCUT2D eigenvalue weighted by atomic mass is 10.1. The van der Waals surface area contributed by atoms with Gasteiger partial charge < -0.3 is 31.0 Å². The van der Waals surface area contributed by atoms with Gasteiger partial charge in [0, 0.05) is 121 Å². The molecule has 0 aliphatic carbocycles. The zero-order valence-corrected chi connectivity index (χ0v) is 36.7. The van der Waals surface area contributed by atoms with Crippen LogP contribution in [0.2, 0.25) is 1.41 Å². The van der Waals surface area contributed by atoms with Crippen molar-refractivity contribution in [1.82, 2.24) is 25.3 Å². The molecule has 0 saturated carbocycles. The molecule has 4 aliphatic heterocycles. The maximum Gasteiger partial charge on any atom is 0.342 e. The van der Waals surface area contributed by atoms with E-state index in [1.807, 2.05) is 6.07 Å². The summed E-state index contributed by atoms with van der Waals surface area (Å²) in [5.41, 5.74) is 6.89. The van der Waals surface area contributed by atoms with Crippen LogP contribution in [0.1, 0.15) is 152 Å². The van der Waals surface area contributed by atoms with Crippen molar-refractivity contribution in [2.75, 3.05) is 81.8 Å². The number of H-pyrrole nitrogens is 1. The van der Waals surface area contributed by atoms with E-state index in [9.17, 15) is 9.59 Å². The number of likely N-dealkylation sites (tertiary alicyclic amines) is 2. The average molecular weight is 1030 g/mol. The normalized spacial score (nSPS) is 40.0. The summed E-state index contributed by atoms with van der Waals surface area (Å²) < 4.78 is 321. The lowest BCUT2D eigenvalue weighted by Crippen LogP contribution is -2.42. The Morgan fingerprint density at radius 3 is 1.69 bits per heavy atom. The van der Waals surface area contributed by atoms with Crippen molar-refractivity contribution >= 4 is 39.2 Å². The number of nitrogens with zero attached hydrogens (tertiary/aromatic N) is 7. The number of rotatable bonds is 7.